The maximum Gasteiger partial charge on any atom is 0.343 e. The fourth-order valence-electron chi connectivity index (χ4n) is 1.46. The number of hydrogen-bond donors (Lipinski definition) is 2. The number of aromatic amines is 1. The molecule has 2 rings (SSSR count). The van der Waals surface area contributed by atoms with Crippen molar-refractivity contribution < 1.29 is 5.11 Å². The van der Waals surface area contributed by atoms with Crippen LogP contribution in [0.25, 0.3) is 0 Å². The first kappa shape index (κ1) is 12.8. The van der Waals surface area contributed by atoms with Crippen molar-refractivity contribution in [1.82, 2.24) is 19.7 Å². The zero-order valence-electron chi connectivity index (χ0n) is 10.1. The van der Waals surface area contributed by atoms with Crippen LogP contribution < -0.4 is 5.69 Å². The van der Waals surface area contributed by atoms with E-state index in [1.54, 1.807) is 23.8 Å². The molecule has 0 aliphatic carbocycles. The van der Waals surface area contributed by atoms with Gasteiger partial charge in [-0.05, 0) is 37.7 Å². The molecule has 2 aromatic rings. The lowest BCUT2D eigenvalue weighted by molar-refractivity contribution is 0.194. The minimum absolute atomic E-state index is 0.214. The normalized spacial score (nSPS) is 12.6. The summed E-state index contributed by atoms with van der Waals surface area (Å²) in [7, 11) is 0. The molecule has 96 valence electrons. The molecule has 1 atom stereocenters. The first-order chi connectivity index (χ1) is 8.61. The van der Waals surface area contributed by atoms with E-state index in [2.05, 4.69) is 15.2 Å². The van der Waals surface area contributed by atoms with E-state index >= 15 is 0 Å². The summed E-state index contributed by atoms with van der Waals surface area (Å²) < 4.78 is 1.55. The summed E-state index contributed by atoms with van der Waals surface area (Å²) in [5, 5.41) is 16.3. The van der Waals surface area contributed by atoms with Crippen LogP contribution in [0.1, 0.15) is 25.6 Å². The number of nitrogens with one attached hydrogen (secondary N) is 1. The molecule has 0 aliphatic rings. The number of H-pyrrole nitrogens is 1. The van der Waals surface area contributed by atoms with Gasteiger partial charge in [0.05, 0.1) is 11.8 Å². The molecule has 7 heteroatoms. The van der Waals surface area contributed by atoms with Crippen molar-refractivity contribution in [2.24, 2.45) is 0 Å². The number of pyridine rings is 1. The largest absolute Gasteiger partial charge is 0.387 e. The Hall–Kier alpha value is -1.60. The third-order valence-electron chi connectivity index (χ3n) is 2.44. The van der Waals surface area contributed by atoms with Gasteiger partial charge in [0, 0.05) is 17.6 Å². The Balaban J connectivity index is 2.21. The average molecular weight is 266 g/mol. The van der Waals surface area contributed by atoms with E-state index in [1.165, 1.54) is 11.8 Å². The van der Waals surface area contributed by atoms with Gasteiger partial charge in [-0.25, -0.2) is 9.89 Å². The second-order valence-corrected chi connectivity index (χ2v) is 4.79. The van der Waals surface area contributed by atoms with Gasteiger partial charge in [-0.1, -0.05) is 0 Å². The minimum atomic E-state index is -0.580. The van der Waals surface area contributed by atoms with E-state index in [9.17, 15) is 9.90 Å². The van der Waals surface area contributed by atoms with Crippen LogP contribution in [0.15, 0.2) is 33.2 Å². The van der Waals surface area contributed by atoms with Gasteiger partial charge in [-0.3, -0.25) is 9.55 Å². The van der Waals surface area contributed by atoms with Gasteiger partial charge in [0.1, 0.15) is 0 Å². The van der Waals surface area contributed by atoms with Crippen molar-refractivity contribution in [3.8, 4) is 0 Å². The summed E-state index contributed by atoms with van der Waals surface area (Å²) >= 11 is 1.36. The molecule has 2 N–H and O–H groups in total. The van der Waals surface area contributed by atoms with Crippen molar-refractivity contribution in [1.29, 1.82) is 0 Å². The molecule has 0 fully saturated rings. The third-order valence-corrected chi connectivity index (χ3v) is 3.41. The Morgan fingerprint density at radius 3 is 2.89 bits per heavy atom. The number of rotatable bonds is 4. The van der Waals surface area contributed by atoms with Crippen LogP contribution in [0.5, 0.6) is 0 Å². The molecule has 0 aliphatic heterocycles. The average Bonchev–Trinajstić information content (AvgIpc) is 2.70. The molecule has 0 saturated carbocycles. The highest BCUT2D eigenvalue weighted by molar-refractivity contribution is 7.99. The quantitative estimate of drug-likeness (QED) is 0.868. The summed E-state index contributed by atoms with van der Waals surface area (Å²) in [6, 6.07) is 3.60. The molecule has 0 radical (unpaired) electrons. The number of aliphatic hydroxyl groups is 1. The molecule has 0 saturated heterocycles. The number of hydrogen-bond acceptors (Lipinski definition) is 5. The summed E-state index contributed by atoms with van der Waals surface area (Å²) in [5.41, 5.74) is 0.405. The number of aromatic nitrogens is 4. The minimum Gasteiger partial charge on any atom is -0.387 e. The van der Waals surface area contributed by atoms with Crippen molar-refractivity contribution in [2.75, 3.05) is 0 Å². The zero-order chi connectivity index (χ0) is 13.1. The second kappa shape index (κ2) is 5.36. The van der Waals surface area contributed by atoms with Crippen LogP contribution >= 0.6 is 11.8 Å². The van der Waals surface area contributed by atoms with E-state index in [1.807, 2.05) is 13.0 Å². The molecule has 1 unspecified atom stereocenters. The van der Waals surface area contributed by atoms with Gasteiger partial charge in [-0.15, -0.1) is 5.10 Å². The molecule has 0 spiro atoms. The SMILES string of the molecule is CCn1c(Sc2ccc(C(C)O)nc2)n[nH]c1=O. The van der Waals surface area contributed by atoms with Gasteiger partial charge in [0.15, 0.2) is 5.16 Å². The van der Waals surface area contributed by atoms with Crippen molar-refractivity contribution in [2.45, 2.75) is 36.5 Å². The molecular formula is C11H14N4O2S. The van der Waals surface area contributed by atoms with Gasteiger partial charge in [0.25, 0.3) is 0 Å². The van der Waals surface area contributed by atoms with E-state index in [4.69, 9.17) is 0 Å². The van der Waals surface area contributed by atoms with Crippen LogP contribution in [-0.4, -0.2) is 24.9 Å². The topological polar surface area (TPSA) is 83.8 Å². The van der Waals surface area contributed by atoms with Crippen LogP contribution in [0.4, 0.5) is 0 Å². The van der Waals surface area contributed by atoms with Crippen molar-refractivity contribution in [3.63, 3.8) is 0 Å². The Kier molecular flexibility index (Phi) is 3.83. The smallest absolute Gasteiger partial charge is 0.343 e. The van der Waals surface area contributed by atoms with Gasteiger partial charge in [-0.2, -0.15) is 0 Å². The lowest BCUT2D eigenvalue weighted by Crippen LogP contribution is -2.15. The predicted molar refractivity (Wildman–Crippen MR) is 67.5 cm³/mol. The Bertz CT molecular complexity index is 573. The highest BCUT2D eigenvalue weighted by Gasteiger charge is 2.09. The predicted octanol–water partition coefficient (Wildman–Crippen LogP) is 1.19. The van der Waals surface area contributed by atoms with E-state index in [0.29, 0.717) is 17.4 Å². The fourth-order valence-corrected chi connectivity index (χ4v) is 2.33. The van der Waals surface area contributed by atoms with E-state index in [0.717, 1.165) is 4.90 Å². The molecule has 0 aromatic carbocycles. The standard InChI is InChI=1S/C11H14N4O2S/c1-3-15-10(17)13-14-11(15)18-8-4-5-9(7(2)16)12-6-8/h4-7,16H,3H2,1-2H3,(H,13,17). The summed E-state index contributed by atoms with van der Waals surface area (Å²) in [4.78, 5) is 16.4. The molecule has 0 amide bonds. The van der Waals surface area contributed by atoms with Gasteiger partial charge < -0.3 is 5.11 Å². The zero-order valence-corrected chi connectivity index (χ0v) is 10.9. The van der Waals surface area contributed by atoms with Gasteiger partial charge >= 0.3 is 5.69 Å². The number of aliphatic hydroxyl groups excluding tert-OH is 1. The summed E-state index contributed by atoms with van der Waals surface area (Å²) in [5.74, 6) is 0. The van der Waals surface area contributed by atoms with Crippen molar-refractivity contribution in [3.05, 3.63) is 34.5 Å². The maximum atomic E-state index is 11.4. The number of nitrogens with zero attached hydrogens (tertiary/aromatic N) is 3. The molecule has 18 heavy (non-hydrogen) atoms. The van der Waals surface area contributed by atoms with Crippen LogP contribution in [0.2, 0.25) is 0 Å². The Labute approximate surface area is 108 Å². The molecule has 6 nitrogen and oxygen atoms in total. The van der Waals surface area contributed by atoms with Crippen LogP contribution in [0.3, 0.4) is 0 Å². The van der Waals surface area contributed by atoms with Crippen LogP contribution in [0, 0.1) is 0 Å². The summed E-state index contributed by atoms with van der Waals surface area (Å²) in [6.07, 6.45) is 1.08. The summed E-state index contributed by atoms with van der Waals surface area (Å²) in [6.45, 7) is 4.12. The Morgan fingerprint density at radius 2 is 2.33 bits per heavy atom. The highest BCUT2D eigenvalue weighted by Crippen LogP contribution is 2.24. The molecule has 2 aromatic heterocycles. The first-order valence-corrected chi connectivity index (χ1v) is 6.40. The lowest BCUT2D eigenvalue weighted by Gasteiger charge is -2.05. The lowest BCUT2D eigenvalue weighted by atomic mass is 10.2. The molecule has 2 heterocycles. The monoisotopic (exact) mass is 266 g/mol. The fraction of sp³-hybridized carbons (Fsp3) is 0.364. The molecule has 0 bridgehead atoms. The van der Waals surface area contributed by atoms with E-state index < -0.39 is 6.10 Å². The maximum absolute atomic E-state index is 11.4. The van der Waals surface area contributed by atoms with E-state index in [-0.39, 0.29) is 5.69 Å². The van der Waals surface area contributed by atoms with Crippen LogP contribution in [-0.2, 0) is 6.54 Å². The van der Waals surface area contributed by atoms with Crippen molar-refractivity contribution >= 4 is 11.8 Å². The highest BCUT2D eigenvalue weighted by atomic mass is 32.2. The first-order valence-electron chi connectivity index (χ1n) is 5.59. The second-order valence-electron chi connectivity index (χ2n) is 3.75. The third kappa shape index (κ3) is 2.62. The Morgan fingerprint density at radius 1 is 1.56 bits per heavy atom. The molecular weight excluding hydrogens is 252 g/mol. The van der Waals surface area contributed by atoms with Gasteiger partial charge in [0.2, 0.25) is 0 Å².